The zero-order chi connectivity index (χ0) is 19.5. The van der Waals surface area contributed by atoms with Gasteiger partial charge in [0.25, 0.3) is 0 Å². The van der Waals surface area contributed by atoms with Crippen LogP contribution in [0.15, 0.2) is 28.8 Å². The number of benzene rings is 1. The normalized spacial score (nSPS) is 11.3. The predicted molar refractivity (Wildman–Crippen MR) is 84.5 cm³/mol. The summed E-state index contributed by atoms with van der Waals surface area (Å²) in [4.78, 5) is 29.8. The predicted octanol–water partition coefficient (Wildman–Crippen LogP) is 2.19. The van der Waals surface area contributed by atoms with E-state index in [1.807, 2.05) is 0 Å². The van der Waals surface area contributed by atoms with Crippen molar-refractivity contribution in [3.63, 3.8) is 0 Å². The van der Waals surface area contributed by atoms with Crippen molar-refractivity contribution in [2.75, 3.05) is 20.6 Å². The van der Waals surface area contributed by atoms with Crippen LogP contribution in [0.5, 0.6) is 0 Å². The first-order valence-electron chi connectivity index (χ1n) is 7.64. The number of alkyl halides is 3. The zero-order valence-corrected chi connectivity index (χ0v) is 14.4. The molecule has 0 bridgehead atoms. The molecule has 0 radical (unpaired) electrons. The average molecular weight is 370 g/mol. The highest BCUT2D eigenvalue weighted by molar-refractivity contribution is 6.34. The molecule has 10 heteroatoms. The Morgan fingerprint density at radius 1 is 1.12 bits per heavy atom. The molecule has 1 aromatic heterocycles. The summed E-state index contributed by atoms with van der Waals surface area (Å²) in [5, 5.41) is 3.31. The Labute approximate surface area is 147 Å². The third kappa shape index (κ3) is 4.38. The summed E-state index contributed by atoms with van der Waals surface area (Å²) in [6.45, 7) is 2.27. The van der Waals surface area contributed by atoms with Crippen molar-refractivity contribution in [1.82, 2.24) is 19.9 Å². The van der Waals surface area contributed by atoms with Crippen LogP contribution in [0.1, 0.15) is 18.4 Å². The molecule has 0 atom stereocenters. The Morgan fingerprint density at radius 2 is 1.73 bits per heavy atom. The van der Waals surface area contributed by atoms with E-state index in [1.54, 1.807) is 19.1 Å². The molecule has 0 aliphatic heterocycles. The van der Waals surface area contributed by atoms with Gasteiger partial charge in [0.05, 0.1) is 0 Å². The summed E-state index contributed by atoms with van der Waals surface area (Å²) in [7, 11) is 2.98. The number of hydrogen-bond acceptors (Lipinski definition) is 5. The minimum atomic E-state index is -4.70. The van der Waals surface area contributed by atoms with E-state index in [0.717, 1.165) is 0 Å². The van der Waals surface area contributed by atoms with Gasteiger partial charge >= 0.3 is 23.9 Å². The number of nitrogens with zero attached hydrogens (tertiary/aromatic N) is 4. The molecule has 1 aromatic carbocycles. The molecule has 0 aliphatic carbocycles. The molecule has 2 aromatic rings. The topological polar surface area (TPSA) is 79.5 Å². The van der Waals surface area contributed by atoms with Crippen molar-refractivity contribution in [2.45, 2.75) is 19.6 Å². The lowest BCUT2D eigenvalue weighted by Gasteiger charge is -2.22. The van der Waals surface area contributed by atoms with Gasteiger partial charge in [-0.15, -0.1) is 0 Å². The van der Waals surface area contributed by atoms with Gasteiger partial charge in [0, 0.05) is 32.7 Å². The quantitative estimate of drug-likeness (QED) is 0.771. The number of likely N-dealkylation sites (N-methyl/N-ethyl adjacent to an activating group) is 2. The van der Waals surface area contributed by atoms with Gasteiger partial charge in [0.2, 0.25) is 5.82 Å². The second-order valence-electron chi connectivity index (χ2n) is 5.64. The highest BCUT2D eigenvalue weighted by atomic mass is 19.4. The molecule has 0 spiro atoms. The summed E-state index contributed by atoms with van der Waals surface area (Å²) >= 11 is 0. The maximum absolute atomic E-state index is 12.5. The second kappa shape index (κ2) is 7.54. The lowest BCUT2D eigenvalue weighted by molar-refractivity contribution is -0.159. The molecule has 0 N–H and O–H groups in total. The van der Waals surface area contributed by atoms with Gasteiger partial charge in [-0.25, -0.2) is 0 Å². The van der Waals surface area contributed by atoms with Crippen LogP contribution in [0.4, 0.5) is 13.2 Å². The molecule has 0 unspecified atom stereocenters. The molecule has 0 aliphatic rings. The molecule has 140 valence electrons. The summed E-state index contributed by atoms with van der Waals surface area (Å²) in [5.41, 5.74) is 1.04. The second-order valence-corrected chi connectivity index (χ2v) is 5.64. The van der Waals surface area contributed by atoms with Crippen molar-refractivity contribution in [1.29, 1.82) is 0 Å². The minimum absolute atomic E-state index is 0.185. The first-order chi connectivity index (χ1) is 12.1. The van der Waals surface area contributed by atoms with Crippen LogP contribution in [0.3, 0.4) is 0 Å². The lowest BCUT2D eigenvalue weighted by Crippen LogP contribution is -2.42. The number of carbonyl (C=O) groups is 2. The number of hydrogen-bond donors (Lipinski definition) is 0. The molecular formula is C16H17F3N4O3. The van der Waals surface area contributed by atoms with Gasteiger partial charge in [-0.05, 0) is 12.5 Å². The third-order valence-corrected chi connectivity index (χ3v) is 3.51. The molecule has 0 saturated heterocycles. The molecule has 7 nitrogen and oxygen atoms in total. The fourth-order valence-corrected chi connectivity index (χ4v) is 2.09. The van der Waals surface area contributed by atoms with Crippen LogP contribution in [0, 0.1) is 0 Å². The van der Waals surface area contributed by atoms with Crippen molar-refractivity contribution >= 4 is 11.8 Å². The number of rotatable bonds is 4. The Hall–Kier alpha value is -2.91. The van der Waals surface area contributed by atoms with Crippen LogP contribution in [-0.4, -0.2) is 52.4 Å². The van der Waals surface area contributed by atoms with E-state index >= 15 is 0 Å². The van der Waals surface area contributed by atoms with Crippen molar-refractivity contribution < 1.29 is 27.3 Å². The zero-order valence-electron chi connectivity index (χ0n) is 14.4. The van der Waals surface area contributed by atoms with E-state index < -0.39 is 23.9 Å². The fourth-order valence-electron chi connectivity index (χ4n) is 2.09. The Morgan fingerprint density at radius 3 is 2.19 bits per heavy atom. The highest BCUT2D eigenvalue weighted by Crippen LogP contribution is 2.29. The van der Waals surface area contributed by atoms with Crippen LogP contribution >= 0.6 is 0 Å². The van der Waals surface area contributed by atoms with E-state index in [2.05, 4.69) is 14.7 Å². The SMILES string of the molecule is CCN(Cc1ccc(-c2noc(C(F)(F)F)n2)cc1)C(=O)C(=O)N(C)C. The van der Waals surface area contributed by atoms with Gasteiger partial charge < -0.3 is 14.3 Å². The van der Waals surface area contributed by atoms with Gasteiger partial charge in [-0.2, -0.15) is 18.2 Å². The molecule has 1 heterocycles. The molecule has 0 saturated carbocycles. The number of halogens is 3. The molecule has 2 amide bonds. The van der Waals surface area contributed by atoms with E-state index in [9.17, 15) is 22.8 Å². The highest BCUT2D eigenvalue weighted by Gasteiger charge is 2.38. The molecule has 0 fully saturated rings. The first-order valence-corrected chi connectivity index (χ1v) is 7.64. The standard InChI is InChI=1S/C16H17F3N4O3/c1-4-23(14(25)13(24)22(2)3)9-10-5-7-11(8-6-10)12-20-15(26-21-12)16(17,18)19/h5-8H,4,9H2,1-3H3. The van der Waals surface area contributed by atoms with Crippen molar-refractivity contribution in [3.05, 3.63) is 35.7 Å². The Balaban J connectivity index is 2.12. The van der Waals surface area contributed by atoms with E-state index in [0.29, 0.717) is 17.7 Å². The van der Waals surface area contributed by atoms with Gasteiger partial charge in [-0.3, -0.25) is 9.59 Å². The summed E-state index contributed by atoms with van der Waals surface area (Å²) in [5.74, 6) is -2.86. The van der Waals surface area contributed by atoms with Gasteiger partial charge in [0.1, 0.15) is 0 Å². The molecular weight excluding hydrogens is 353 g/mol. The van der Waals surface area contributed by atoms with Gasteiger partial charge in [-0.1, -0.05) is 29.4 Å². The summed E-state index contributed by atoms with van der Waals surface area (Å²) in [6, 6.07) is 6.28. The third-order valence-electron chi connectivity index (χ3n) is 3.51. The average Bonchev–Trinajstić information content (AvgIpc) is 3.09. The van der Waals surface area contributed by atoms with Gasteiger partial charge in [0.15, 0.2) is 0 Å². The maximum Gasteiger partial charge on any atom is 0.471 e. The number of amides is 2. The van der Waals surface area contributed by atoms with Crippen LogP contribution < -0.4 is 0 Å². The molecule has 26 heavy (non-hydrogen) atoms. The van der Waals surface area contributed by atoms with Crippen molar-refractivity contribution in [2.24, 2.45) is 0 Å². The van der Waals surface area contributed by atoms with E-state index in [-0.39, 0.29) is 12.4 Å². The molecule has 2 rings (SSSR count). The Kier molecular flexibility index (Phi) is 5.63. The van der Waals surface area contributed by atoms with Crippen LogP contribution in [-0.2, 0) is 22.3 Å². The number of aromatic nitrogens is 2. The van der Waals surface area contributed by atoms with E-state index in [4.69, 9.17) is 0 Å². The van der Waals surface area contributed by atoms with Crippen LogP contribution in [0.25, 0.3) is 11.4 Å². The lowest BCUT2D eigenvalue weighted by atomic mass is 10.1. The smallest absolute Gasteiger partial charge is 0.341 e. The largest absolute Gasteiger partial charge is 0.471 e. The Bertz CT molecular complexity index is 785. The van der Waals surface area contributed by atoms with Crippen molar-refractivity contribution in [3.8, 4) is 11.4 Å². The summed E-state index contributed by atoms with van der Waals surface area (Å²) in [6.07, 6.45) is -4.70. The minimum Gasteiger partial charge on any atom is -0.341 e. The first kappa shape index (κ1) is 19.4. The summed E-state index contributed by atoms with van der Waals surface area (Å²) < 4.78 is 41.7. The van der Waals surface area contributed by atoms with E-state index in [1.165, 1.54) is 36.0 Å². The number of carbonyl (C=O) groups excluding carboxylic acids is 2. The maximum atomic E-state index is 12.5. The fraction of sp³-hybridized carbons (Fsp3) is 0.375. The monoisotopic (exact) mass is 370 g/mol. The van der Waals surface area contributed by atoms with Crippen LogP contribution in [0.2, 0.25) is 0 Å².